The van der Waals surface area contributed by atoms with Gasteiger partial charge in [-0.05, 0) is 42.5 Å². The summed E-state index contributed by atoms with van der Waals surface area (Å²) in [6.45, 7) is 0. The van der Waals surface area contributed by atoms with Crippen molar-refractivity contribution in [2.24, 2.45) is 14.1 Å². The molecule has 1 N–H and O–H groups in total. The lowest BCUT2D eigenvalue weighted by atomic mass is 10.2. The minimum Gasteiger partial charge on any atom is -0.455 e. The molecule has 154 valence electrons. The van der Waals surface area contributed by atoms with Crippen LogP contribution in [0.3, 0.4) is 0 Å². The minimum absolute atomic E-state index is 0.100. The number of aryl methyl sites for hydroxylation is 2. The quantitative estimate of drug-likeness (QED) is 0.528. The average Bonchev–Trinajstić information content (AvgIpc) is 2.93. The Morgan fingerprint density at radius 1 is 0.900 bits per heavy atom. The molecule has 30 heavy (non-hydrogen) atoms. The minimum atomic E-state index is -4.02. The molecule has 7 nitrogen and oxygen atoms in total. The molecule has 4 rings (SSSR count). The number of aromatic nitrogens is 2. The topological polar surface area (TPSA) is 82.3 Å². The molecule has 0 atom stereocenters. The van der Waals surface area contributed by atoms with Gasteiger partial charge in [-0.15, -0.1) is 0 Å². The first kappa shape index (κ1) is 19.7. The number of hydrogen-bond acceptors (Lipinski definition) is 4. The van der Waals surface area contributed by atoms with Gasteiger partial charge in [0.15, 0.2) is 5.75 Å². The van der Waals surface area contributed by atoms with Crippen molar-refractivity contribution in [3.8, 4) is 11.5 Å². The van der Waals surface area contributed by atoms with Crippen LogP contribution in [0.15, 0.2) is 76.4 Å². The Kier molecular flexibility index (Phi) is 4.83. The molecule has 4 aromatic rings. The Morgan fingerprint density at radius 2 is 1.50 bits per heavy atom. The lowest BCUT2D eigenvalue weighted by Gasteiger charge is -2.14. The van der Waals surface area contributed by atoms with Gasteiger partial charge in [0.2, 0.25) is 0 Å². The third-order valence-electron chi connectivity index (χ3n) is 4.71. The van der Waals surface area contributed by atoms with Gasteiger partial charge in [0.05, 0.1) is 21.6 Å². The number of hydrogen-bond donors (Lipinski definition) is 1. The number of anilines is 1. The van der Waals surface area contributed by atoms with E-state index in [4.69, 9.17) is 4.74 Å². The fourth-order valence-corrected chi connectivity index (χ4v) is 4.18. The molecule has 0 bridgehead atoms. The van der Waals surface area contributed by atoms with Crippen molar-refractivity contribution >= 4 is 26.7 Å². The number of fused-ring (bicyclic) bond motifs is 1. The second kappa shape index (κ2) is 7.34. The van der Waals surface area contributed by atoms with Gasteiger partial charge < -0.3 is 4.74 Å². The first-order chi connectivity index (χ1) is 14.3. The number of nitrogens with one attached hydrogen (secondary N) is 1. The van der Waals surface area contributed by atoms with Crippen molar-refractivity contribution in [2.75, 3.05) is 4.72 Å². The van der Waals surface area contributed by atoms with Crippen molar-refractivity contribution < 1.29 is 17.5 Å². The van der Waals surface area contributed by atoms with Crippen LogP contribution in [0.1, 0.15) is 0 Å². The predicted octanol–water partition coefficient (Wildman–Crippen LogP) is 3.61. The largest absolute Gasteiger partial charge is 0.455 e. The molecule has 0 unspecified atom stereocenters. The summed E-state index contributed by atoms with van der Waals surface area (Å²) in [5, 5.41) is 0. The molecule has 0 aliphatic heterocycles. The highest BCUT2D eigenvalue weighted by atomic mass is 32.2. The van der Waals surface area contributed by atoms with Crippen molar-refractivity contribution in [3.05, 3.63) is 83.0 Å². The molecule has 0 aliphatic carbocycles. The number of halogens is 1. The highest BCUT2D eigenvalue weighted by Gasteiger charge is 2.20. The van der Waals surface area contributed by atoms with Crippen LogP contribution in [-0.2, 0) is 24.1 Å². The molecule has 0 spiro atoms. The Labute approximate surface area is 172 Å². The van der Waals surface area contributed by atoms with E-state index in [1.165, 1.54) is 27.3 Å². The van der Waals surface area contributed by atoms with E-state index in [1.807, 2.05) is 6.07 Å². The third-order valence-corrected chi connectivity index (χ3v) is 6.09. The number of para-hydroxylation sites is 1. The maximum Gasteiger partial charge on any atom is 0.328 e. The summed E-state index contributed by atoms with van der Waals surface area (Å²) in [6.07, 6.45) is 0. The molecular formula is C21H18FN3O4S. The Morgan fingerprint density at radius 3 is 2.13 bits per heavy atom. The standard InChI is InChI=1S/C21H18FN3O4S/c1-24-18-12-17(23-30(27,28)16-10-8-14(22)9-11-16)20(13-19(18)25(2)21(24)26)29-15-6-4-3-5-7-15/h3-13,23H,1-2H3. The molecule has 0 fully saturated rings. The maximum atomic E-state index is 13.2. The number of ether oxygens (including phenoxy) is 1. The average molecular weight is 427 g/mol. The number of sulfonamides is 1. The fourth-order valence-electron chi connectivity index (χ4n) is 3.12. The van der Waals surface area contributed by atoms with Gasteiger partial charge in [-0.1, -0.05) is 18.2 Å². The Hall–Kier alpha value is -3.59. The number of benzene rings is 3. The van der Waals surface area contributed by atoms with E-state index in [0.29, 0.717) is 16.8 Å². The van der Waals surface area contributed by atoms with Crippen LogP contribution in [-0.4, -0.2) is 17.6 Å². The number of nitrogens with zero attached hydrogens (tertiary/aromatic N) is 2. The second-order valence-electron chi connectivity index (χ2n) is 6.71. The molecule has 0 amide bonds. The molecule has 1 aromatic heterocycles. The Balaban J connectivity index is 1.85. The zero-order valence-electron chi connectivity index (χ0n) is 16.2. The summed E-state index contributed by atoms with van der Waals surface area (Å²) in [5.41, 5.74) is 1.00. The molecule has 0 saturated heterocycles. The lowest BCUT2D eigenvalue weighted by Crippen LogP contribution is -2.19. The highest BCUT2D eigenvalue weighted by Crippen LogP contribution is 2.35. The smallest absolute Gasteiger partial charge is 0.328 e. The van der Waals surface area contributed by atoms with Crippen LogP contribution < -0.4 is 15.1 Å². The zero-order chi connectivity index (χ0) is 21.5. The van der Waals surface area contributed by atoms with Gasteiger partial charge in [0.25, 0.3) is 10.0 Å². The van der Waals surface area contributed by atoms with Crippen LogP contribution in [0.25, 0.3) is 11.0 Å². The first-order valence-corrected chi connectivity index (χ1v) is 10.5. The summed E-state index contributed by atoms with van der Waals surface area (Å²) in [6, 6.07) is 16.5. The van der Waals surface area contributed by atoms with Crippen molar-refractivity contribution in [2.45, 2.75) is 4.90 Å². The molecule has 1 heterocycles. The van der Waals surface area contributed by atoms with Gasteiger partial charge in [0.1, 0.15) is 11.6 Å². The van der Waals surface area contributed by atoms with Gasteiger partial charge in [-0.2, -0.15) is 0 Å². The second-order valence-corrected chi connectivity index (χ2v) is 8.39. The van der Waals surface area contributed by atoms with E-state index in [9.17, 15) is 17.6 Å². The SMILES string of the molecule is Cn1c(=O)n(C)c2cc(Oc3ccccc3)c(NS(=O)(=O)c3ccc(F)cc3)cc21. The highest BCUT2D eigenvalue weighted by molar-refractivity contribution is 7.92. The summed E-state index contributed by atoms with van der Waals surface area (Å²) in [7, 11) is -0.798. The van der Waals surface area contributed by atoms with Crippen LogP contribution >= 0.6 is 0 Å². The van der Waals surface area contributed by atoms with Gasteiger partial charge in [0, 0.05) is 20.2 Å². The van der Waals surface area contributed by atoms with E-state index >= 15 is 0 Å². The van der Waals surface area contributed by atoms with Crippen molar-refractivity contribution in [3.63, 3.8) is 0 Å². The summed E-state index contributed by atoms with van der Waals surface area (Å²) < 4.78 is 50.2. The van der Waals surface area contributed by atoms with Crippen LogP contribution in [0.4, 0.5) is 10.1 Å². The third kappa shape index (κ3) is 3.55. The Bertz CT molecular complexity index is 1390. The van der Waals surface area contributed by atoms with Crippen LogP contribution in [0.5, 0.6) is 11.5 Å². The molecule has 3 aromatic carbocycles. The number of rotatable bonds is 5. The van der Waals surface area contributed by atoms with E-state index in [0.717, 1.165) is 12.1 Å². The summed E-state index contributed by atoms with van der Waals surface area (Å²) in [4.78, 5) is 12.2. The van der Waals surface area contributed by atoms with Crippen molar-refractivity contribution in [1.82, 2.24) is 9.13 Å². The summed E-state index contributed by atoms with van der Waals surface area (Å²) >= 11 is 0. The molecule has 0 radical (unpaired) electrons. The normalized spacial score (nSPS) is 11.6. The van der Waals surface area contributed by atoms with Crippen molar-refractivity contribution in [1.29, 1.82) is 0 Å². The van der Waals surface area contributed by atoms with Gasteiger partial charge >= 0.3 is 5.69 Å². The van der Waals surface area contributed by atoms with Gasteiger partial charge in [-0.3, -0.25) is 13.9 Å². The molecular weight excluding hydrogens is 409 g/mol. The van der Waals surface area contributed by atoms with Crippen LogP contribution in [0.2, 0.25) is 0 Å². The predicted molar refractivity (Wildman–Crippen MR) is 112 cm³/mol. The van der Waals surface area contributed by atoms with Crippen LogP contribution in [0, 0.1) is 5.82 Å². The lowest BCUT2D eigenvalue weighted by molar-refractivity contribution is 0.485. The van der Waals surface area contributed by atoms with E-state index in [1.54, 1.807) is 44.4 Å². The molecule has 0 aliphatic rings. The van der Waals surface area contributed by atoms with Gasteiger partial charge in [-0.25, -0.2) is 17.6 Å². The fraction of sp³-hybridized carbons (Fsp3) is 0.0952. The number of imidazole rings is 1. The van der Waals surface area contributed by atoms with E-state index < -0.39 is 15.8 Å². The molecule has 0 saturated carbocycles. The maximum absolute atomic E-state index is 13.2. The summed E-state index contributed by atoms with van der Waals surface area (Å²) in [5.74, 6) is 0.184. The first-order valence-electron chi connectivity index (χ1n) is 8.97. The molecule has 9 heteroatoms. The zero-order valence-corrected chi connectivity index (χ0v) is 17.0. The monoisotopic (exact) mass is 427 g/mol. The van der Waals surface area contributed by atoms with E-state index in [-0.39, 0.29) is 22.0 Å². The van der Waals surface area contributed by atoms with E-state index in [2.05, 4.69) is 4.72 Å².